The minimum Gasteiger partial charge on any atom is -0.393 e. The zero-order valence-electron chi connectivity index (χ0n) is 10.5. The summed E-state index contributed by atoms with van der Waals surface area (Å²) >= 11 is 0. The van der Waals surface area contributed by atoms with Gasteiger partial charge in [0.15, 0.2) is 0 Å². The molecule has 1 N–H and O–H groups in total. The summed E-state index contributed by atoms with van der Waals surface area (Å²) in [5.41, 5.74) is 0. The van der Waals surface area contributed by atoms with Crippen LogP contribution >= 0.6 is 0 Å². The van der Waals surface area contributed by atoms with Gasteiger partial charge >= 0.3 is 0 Å². The molecule has 0 aromatic heterocycles. The minimum atomic E-state index is -0.149. The minimum absolute atomic E-state index is 0.149. The second-order valence-corrected chi connectivity index (χ2v) is 4.45. The molecule has 1 nitrogen and oxygen atoms in total. The van der Waals surface area contributed by atoms with Gasteiger partial charge in [-0.25, -0.2) is 0 Å². The first-order valence-corrected chi connectivity index (χ1v) is 6.60. The number of allylic oxidation sites excluding steroid dienone is 2. The molecule has 0 rings (SSSR count). The van der Waals surface area contributed by atoms with E-state index in [1.165, 1.54) is 44.9 Å². The maximum atomic E-state index is 9.04. The van der Waals surface area contributed by atoms with E-state index in [1.807, 2.05) is 6.92 Å². The van der Waals surface area contributed by atoms with Crippen LogP contribution in [0.15, 0.2) is 12.2 Å². The predicted molar refractivity (Wildman–Crippen MR) is 68.0 cm³/mol. The van der Waals surface area contributed by atoms with Gasteiger partial charge in [-0.3, -0.25) is 0 Å². The van der Waals surface area contributed by atoms with Gasteiger partial charge in [0.25, 0.3) is 0 Å². The van der Waals surface area contributed by atoms with E-state index in [-0.39, 0.29) is 6.10 Å². The average molecular weight is 212 g/mol. The summed E-state index contributed by atoms with van der Waals surface area (Å²) in [6, 6.07) is 0. The Balaban J connectivity index is 3.03. The lowest BCUT2D eigenvalue weighted by Crippen LogP contribution is -1.96. The third-order valence-corrected chi connectivity index (χ3v) is 2.64. The molecule has 0 aliphatic heterocycles. The molecule has 0 fully saturated rings. The van der Waals surface area contributed by atoms with Crippen molar-refractivity contribution in [1.82, 2.24) is 0 Å². The van der Waals surface area contributed by atoms with E-state index in [9.17, 15) is 0 Å². The lowest BCUT2D eigenvalue weighted by molar-refractivity contribution is 0.186. The predicted octanol–water partition coefficient (Wildman–Crippen LogP) is 4.45. The lowest BCUT2D eigenvalue weighted by Gasteiger charge is -1.99. The van der Waals surface area contributed by atoms with Gasteiger partial charge in [0.1, 0.15) is 0 Å². The van der Waals surface area contributed by atoms with Gasteiger partial charge in [0, 0.05) is 0 Å². The molecule has 0 saturated carbocycles. The van der Waals surface area contributed by atoms with E-state index in [1.54, 1.807) is 0 Å². The van der Waals surface area contributed by atoms with Crippen molar-refractivity contribution in [3.8, 4) is 0 Å². The van der Waals surface area contributed by atoms with E-state index in [4.69, 9.17) is 5.11 Å². The van der Waals surface area contributed by atoms with E-state index >= 15 is 0 Å². The molecule has 0 heterocycles. The summed E-state index contributed by atoms with van der Waals surface area (Å²) in [5, 5.41) is 9.04. The standard InChI is InChI=1S/C14H28O/c1-3-4-5-6-7-8-9-10-11-12-13-14(2)15/h10-11,14-15H,3-9,12-13H2,1-2H3. The highest BCUT2D eigenvalue weighted by Crippen LogP contribution is 2.07. The van der Waals surface area contributed by atoms with Crippen LogP contribution in [-0.2, 0) is 0 Å². The fourth-order valence-electron chi connectivity index (χ4n) is 1.62. The molecule has 1 unspecified atom stereocenters. The Morgan fingerprint density at radius 2 is 1.53 bits per heavy atom. The monoisotopic (exact) mass is 212 g/mol. The van der Waals surface area contributed by atoms with Gasteiger partial charge in [0.05, 0.1) is 6.10 Å². The zero-order chi connectivity index (χ0) is 11.4. The molecule has 0 amide bonds. The van der Waals surface area contributed by atoms with Crippen LogP contribution < -0.4 is 0 Å². The first-order chi connectivity index (χ1) is 7.27. The second kappa shape index (κ2) is 11.8. The van der Waals surface area contributed by atoms with Crippen LogP contribution in [0.25, 0.3) is 0 Å². The number of aliphatic hydroxyl groups excluding tert-OH is 1. The smallest absolute Gasteiger partial charge is 0.0515 e. The number of unbranched alkanes of at least 4 members (excludes halogenated alkanes) is 6. The van der Waals surface area contributed by atoms with Crippen molar-refractivity contribution in [2.75, 3.05) is 0 Å². The third kappa shape index (κ3) is 13.7. The highest BCUT2D eigenvalue weighted by Gasteiger charge is 1.91. The van der Waals surface area contributed by atoms with Gasteiger partial charge in [0.2, 0.25) is 0 Å². The van der Waals surface area contributed by atoms with Gasteiger partial charge in [-0.1, -0.05) is 51.2 Å². The Bertz CT molecular complexity index is 138. The third-order valence-electron chi connectivity index (χ3n) is 2.64. The molecule has 1 heteroatoms. The Morgan fingerprint density at radius 3 is 2.20 bits per heavy atom. The molecule has 0 spiro atoms. The van der Waals surface area contributed by atoms with Crippen molar-refractivity contribution in [3.05, 3.63) is 12.2 Å². The van der Waals surface area contributed by atoms with E-state index < -0.39 is 0 Å². The molecule has 0 aliphatic rings. The van der Waals surface area contributed by atoms with E-state index in [2.05, 4.69) is 19.1 Å². The summed E-state index contributed by atoms with van der Waals surface area (Å²) in [5.74, 6) is 0. The van der Waals surface area contributed by atoms with Gasteiger partial charge in [-0.15, -0.1) is 0 Å². The van der Waals surface area contributed by atoms with Crippen LogP contribution in [0, 0.1) is 0 Å². The molecule has 0 aromatic carbocycles. The first kappa shape index (κ1) is 14.7. The topological polar surface area (TPSA) is 20.2 Å². The lowest BCUT2D eigenvalue weighted by atomic mass is 10.1. The van der Waals surface area contributed by atoms with Crippen LogP contribution in [0.3, 0.4) is 0 Å². The summed E-state index contributed by atoms with van der Waals surface area (Å²) in [6.45, 7) is 4.10. The fourth-order valence-corrected chi connectivity index (χ4v) is 1.62. The zero-order valence-corrected chi connectivity index (χ0v) is 10.5. The normalized spacial score (nSPS) is 13.5. The average Bonchev–Trinajstić information content (AvgIpc) is 2.20. The molecule has 1 atom stereocenters. The van der Waals surface area contributed by atoms with Crippen molar-refractivity contribution in [1.29, 1.82) is 0 Å². The molecule has 0 saturated heterocycles. The Kier molecular flexibility index (Phi) is 11.5. The molecule has 15 heavy (non-hydrogen) atoms. The second-order valence-electron chi connectivity index (χ2n) is 4.45. The van der Waals surface area contributed by atoms with Crippen LogP contribution in [0.2, 0.25) is 0 Å². The first-order valence-electron chi connectivity index (χ1n) is 6.60. The van der Waals surface area contributed by atoms with Crippen molar-refractivity contribution in [2.24, 2.45) is 0 Å². The quantitative estimate of drug-likeness (QED) is 0.419. The molecular weight excluding hydrogens is 184 g/mol. The van der Waals surface area contributed by atoms with Crippen LogP contribution in [0.1, 0.15) is 71.6 Å². The van der Waals surface area contributed by atoms with Crippen LogP contribution in [-0.4, -0.2) is 11.2 Å². The fraction of sp³-hybridized carbons (Fsp3) is 0.857. The SMILES string of the molecule is CCCCCCCCC=CCCC(C)O. The van der Waals surface area contributed by atoms with E-state index in [0.717, 1.165) is 12.8 Å². The molecule has 0 radical (unpaired) electrons. The number of hydrogen-bond donors (Lipinski definition) is 1. The summed E-state index contributed by atoms with van der Waals surface area (Å²) in [4.78, 5) is 0. The van der Waals surface area contributed by atoms with Crippen LogP contribution in [0.5, 0.6) is 0 Å². The summed E-state index contributed by atoms with van der Waals surface area (Å²) in [7, 11) is 0. The number of hydrogen-bond acceptors (Lipinski definition) is 1. The van der Waals surface area contributed by atoms with Crippen LogP contribution in [0.4, 0.5) is 0 Å². The van der Waals surface area contributed by atoms with Crippen molar-refractivity contribution in [2.45, 2.75) is 77.7 Å². The number of aliphatic hydroxyl groups is 1. The van der Waals surface area contributed by atoms with Crippen molar-refractivity contribution in [3.63, 3.8) is 0 Å². The van der Waals surface area contributed by atoms with Gasteiger partial charge in [-0.05, 0) is 32.6 Å². The highest BCUT2D eigenvalue weighted by molar-refractivity contribution is 4.81. The Labute approximate surface area is 95.6 Å². The molecular formula is C14H28O. The summed E-state index contributed by atoms with van der Waals surface area (Å²) < 4.78 is 0. The Hall–Kier alpha value is -0.300. The molecule has 90 valence electrons. The molecule has 0 aliphatic carbocycles. The largest absolute Gasteiger partial charge is 0.393 e. The maximum absolute atomic E-state index is 9.04. The molecule has 0 bridgehead atoms. The summed E-state index contributed by atoms with van der Waals surface area (Å²) in [6.07, 6.45) is 15.7. The van der Waals surface area contributed by atoms with Crippen molar-refractivity contribution >= 4 is 0 Å². The number of rotatable bonds is 10. The van der Waals surface area contributed by atoms with Gasteiger partial charge < -0.3 is 5.11 Å². The van der Waals surface area contributed by atoms with E-state index in [0.29, 0.717) is 0 Å². The highest BCUT2D eigenvalue weighted by atomic mass is 16.3. The molecule has 0 aromatic rings. The van der Waals surface area contributed by atoms with Gasteiger partial charge in [-0.2, -0.15) is 0 Å². The van der Waals surface area contributed by atoms with Crippen molar-refractivity contribution < 1.29 is 5.11 Å². The maximum Gasteiger partial charge on any atom is 0.0515 e. The Morgan fingerprint density at radius 1 is 0.933 bits per heavy atom.